The number of hydrogen-bond donors (Lipinski definition) is 0. The summed E-state index contributed by atoms with van der Waals surface area (Å²) in [4.78, 5) is 4.56. The lowest BCUT2D eigenvalue weighted by Gasteiger charge is -2.04. The van der Waals surface area contributed by atoms with Crippen LogP contribution in [0.15, 0.2) is 47.5 Å². The van der Waals surface area contributed by atoms with E-state index in [0.717, 1.165) is 6.42 Å². The fraction of sp³-hybridized carbons (Fsp3) is 0.308. The van der Waals surface area contributed by atoms with E-state index in [0.29, 0.717) is 0 Å². The molecule has 0 aromatic heterocycles. The number of allylic oxidation sites excluding steroid dienone is 1. The van der Waals surface area contributed by atoms with Crippen LogP contribution < -0.4 is 0 Å². The summed E-state index contributed by atoms with van der Waals surface area (Å²) in [5, 5.41) is 0. The normalized spacial score (nSPS) is 25.1. The number of hydrogen-bond acceptors (Lipinski definition) is 1. The predicted molar refractivity (Wildman–Crippen MR) is 60.8 cm³/mol. The summed E-state index contributed by atoms with van der Waals surface area (Å²) in [5.41, 5.74) is 2.59. The Hall–Kier alpha value is -1.37. The number of aliphatic imine (C=N–C) groups is 1. The molecule has 0 saturated carbocycles. The van der Waals surface area contributed by atoms with Gasteiger partial charge in [-0.3, -0.25) is 4.99 Å². The first-order valence-corrected chi connectivity index (χ1v) is 5.03. The van der Waals surface area contributed by atoms with Crippen LogP contribution in [0.4, 0.5) is 0 Å². The highest BCUT2D eigenvalue weighted by molar-refractivity contribution is 6.16. The molecule has 1 aliphatic heterocycles. The lowest BCUT2D eigenvalue weighted by molar-refractivity contribution is 0.744. The van der Waals surface area contributed by atoms with Crippen LogP contribution in [-0.2, 0) is 0 Å². The molecule has 0 spiro atoms. The molecule has 1 aromatic rings. The smallest absolute Gasteiger partial charge is 0.104 e. The molecule has 0 radical (unpaired) electrons. The van der Waals surface area contributed by atoms with Crippen molar-refractivity contribution in [1.29, 1.82) is 0 Å². The second kappa shape index (κ2) is 3.41. The molecule has 0 amide bonds. The standard InChI is InChI=1S/C13H15N/c1-3-4-10-13(2)12(14-13)11-8-6-5-7-9-11/h3-9H,10H2,1-2H3/b4-3+. The summed E-state index contributed by atoms with van der Waals surface area (Å²) >= 11 is 0. The highest BCUT2D eigenvalue weighted by Gasteiger charge is 2.41. The Morgan fingerprint density at radius 3 is 2.64 bits per heavy atom. The molecule has 1 nitrogen and oxygen atoms in total. The van der Waals surface area contributed by atoms with Crippen LogP contribution in [0.1, 0.15) is 25.8 Å². The van der Waals surface area contributed by atoms with Crippen LogP contribution in [0, 0.1) is 0 Å². The fourth-order valence-corrected chi connectivity index (χ4v) is 1.68. The largest absolute Gasteiger partial charge is 0.273 e. The van der Waals surface area contributed by atoms with Crippen LogP contribution in [0.2, 0.25) is 0 Å². The van der Waals surface area contributed by atoms with Crippen molar-refractivity contribution in [3.8, 4) is 0 Å². The van der Waals surface area contributed by atoms with Crippen molar-refractivity contribution in [3.63, 3.8) is 0 Å². The maximum Gasteiger partial charge on any atom is 0.104 e. The molecule has 1 heterocycles. The number of benzene rings is 1. The first-order valence-electron chi connectivity index (χ1n) is 5.03. The molecule has 72 valence electrons. The highest BCUT2D eigenvalue weighted by atomic mass is 15.0. The third-order valence-electron chi connectivity index (χ3n) is 2.62. The first kappa shape index (κ1) is 9.20. The maximum atomic E-state index is 4.56. The van der Waals surface area contributed by atoms with Crippen molar-refractivity contribution in [2.45, 2.75) is 25.8 Å². The van der Waals surface area contributed by atoms with Gasteiger partial charge in [0.05, 0.1) is 5.71 Å². The van der Waals surface area contributed by atoms with Crippen molar-refractivity contribution in [2.24, 2.45) is 4.99 Å². The maximum absolute atomic E-state index is 4.56. The molecule has 14 heavy (non-hydrogen) atoms. The molecular formula is C13H15N. The molecule has 1 aromatic carbocycles. The lowest BCUT2D eigenvalue weighted by Crippen LogP contribution is -2.13. The zero-order valence-corrected chi connectivity index (χ0v) is 8.70. The second-order valence-corrected chi connectivity index (χ2v) is 3.87. The molecule has 1 atom stereocenters. The minimum absolute atomic E-state index is 0.0772. The molecule has 0 aliphatic carbocycles. The van der Waals surface area contributed by atoms with Crippen molar-refractivity contribution >= 4 is 5.71 Å². The zero-order chi connectivity index (χ0) is 10.0. The van der Waals surface area contributed by atoms with Crippen LogP contribution in [-0.4, -0.2) is 11.3 Å². The van der Waals surface area contributed by atoms with Crippen molar-refractivity contribution in [3.05, 3.63) is 48.0 Å². The Balaban J connectivity index is 2.08. The van der Waals surface area contributed by atoms with Crippen LogP contribution >= 0.6 is 0 Å². The van der Waals surface area contributed by atoms with Crippen molar-refractivity contribution < 1.29 is 0 Å². The van der Waals surface area contributed by atoms with E-state index in [9.17, 15) is 0 Å². The van der Waals surface area contributed by atoms with E-state index in [-0.39, 0.29) is 5.54 Å². The Bertz CT molecular complexity index is 375. The molecule has 1 unspecified atom stereocenters. The van der Waals surface area contributed by atoms with Gasteiger partial charge in [-0.25, -0.2) is 0 Å². The Kier molecular flexibility index (Phi) is 2.24. The van der Waals surface area contributed by atoms with Crippen LogP contribution in [0.25, 0.3) is 0 Å². The van der Waals surface area contributed by atoms with E-state index in [1.165, 1.54) is 11.3 Å². The van der Waals surface area contributed by atoms with Gasteiger partial charge in [0.2, 0.25) is 0 Å². The Morgan fingerprint density at radius 1 is 1.29 bits per heavy atom. The molecular weight excluding hydrogens is 170 g/mol. The van der Waals surface area contributed by atoms with Crippen LogP contribution in [0.3, 0.4) is 0 Å². The van der Waals surface area contributed by atoms with E-state index in [2.05, 4.69) is 48.3 Å². The van der Waals surface area contributed by atoms with E-state index in [4.69, 9.17) is 0 Å². The average molecular weight is 185 g/mol. The van der Waals surface area contributed by atoms with Gasteiger partial charge >= 0.3 is 0 Å². The number of nitrogens with zero attached hydrogens (tertiary/aromatic N) is 1. The Labute approximate surface area is 85.2 Å². The van der Waals surface area contributed by atoms with Crippen molar-refractivity contribution in [1.82, 2.24) is 0 Å². The third kappa shape index (κ3) is 1.63. The van der Waals surface area contributed by atoms with E-state index >= 15 is 0 Å². The minimum Gasteiger partial charge on any atom is -0.273 e. The molecule has 0 N–H and O–H groups in total. The summed E-state index contributed by atoms with van der Waals surface area (Å²) in [7, 11) is 0. The van der Waals surface area contributed by atoms with Gasteiger partial charge in [0, 0.05) is 0 Å². The molecule has 1 aliphatic rings. The van der Waals surface area contributed by atoms with Gasteiger partial charge in [-0.2, -0.15) is 0 Å². The SMILES string of the molecule is C/C=C/CC1(C)N=C1c1ccccc1. The quantitative estimate of drug-likeness (QED) is 0.641. The molecule has 0 saturated heterocycles. The van der Waals surface area contributed by atoms with Gasteiger partial charge < -0.3 is 0 Å². The highest BCUT2D eigenvalue weighted by Crippen LogP contribution is 2.35. The van der Waals surface area contributed by atoms with Gasteiger partial charge in [-0.1, -0.05) is 42.5 Å². The predicted octanol–water partition coefficient (Wildman–Crippen LogP) is 3.21. The summed E-state index contributed by atoms with van der Waals surface area (Å²) in [6.45, 7) is 4.24. The van der Waals surface area contributed by atoms with Gasteiger partial charge in [0.25, 0.3) is 0 Å². The minimum atomic E-state index is 0.0772. The van der Waals surface area contributed by atoms with Gasteiger partial charge in [-0.15, -0.1) is 0 Å². The van der Waals surface area contributed by atoms with E-state index in [1.807, 2.05) is 13.0 Å². The van der Waals surface area contributed by atoms with Gasteiger partial charge in [-0.05, 0) is 25.8 Å². The topological polar surface area (TPSA) is 12.4 Å². The third-order valence-corrected chi connectivity index (χ3v) is 2.62. The first-order chi connectivity index (χ1) is 6.76. The molecule has 0 bridgehead atoms. The average Bonchev–Trinajstić information content (AvgIpc) is 2.90. The van der Waals surface area contributed by atoms with Gasteiger partial charge in [0.15, 0.2) is 0 Å². The van der Waals surface area contributed by atoms with Crippen LogP contribution in [0.5, 0.6) is 0 Å². The summed E-state index contributed by atoms with van der Waals surface area (Å²) in [5.74, 6) is 0. The number of rotatable bonds is 3. The van der Waals surface area contributed by atoms with Crippen molar-refractivity contribution in [2.75, 3.05) is 0 Å². The fourth-order valence-electron chi connectivity index (χ4n) is 1.68. The Morgan fingerprint density at radius 2 is 2.00 bits per heavy atom. The zero-order valence-electron chi connectivity index (χ0n) is 8.70. The monoisotopic (exact) mass is 185 g/mol. The summed E-state index contributed by atoms with van der Waals surface area (Å²) < 4.78 is 0. The summed E-state index contributed by atoms with van der Waals surface area (Å²) in [6.07, 6.45) is 5.29. The van der Waals surface area contributed by atoms with Gasteiger partial charge in [0.1, 0.15) is 5.54 Å². The molecule has 0 fully saturated rings. The lowest BCUT2D eigenvalue weighted by atomic mass is 9.97. The molecule has 1 heteroatoms. The summed E-state index contributed by atoms with van der Waals surface area (Å²) in [6, 6.07) is 10.4. The van der Waals surface area contributed by atoms with E-state index < -0.39 is 0 Å². The second-order valence-electron chi connectivity index (χ2n) is 3.87. The van der Waals surface area contributed by atoms with E-state index in [1.54, 1.807) is 0 Å². The molecule has 2 rings (SSSR count).